The van der Waals surface area contributed by atoms with E-state index in [4.69, 9.17) is 11.5 Å². The molecular weight excluding hydrogens is 1290 g/mol. The van der Waals surface area contributed by atoms with Gasteiger partial charge in [0.2, 0.25) is 82.7 Å². The van der Waals surface area contributed by atoms with Gasteiger partial charge in [0.05, 0.1) is 19.8 Å². The number of thiol groups is 3. The Morgan fingerprint density at radius 2 is 0.710 bits per heavy atom. The highest BCUT2D eigenvalue weighted by atomic mass is 32.1. The van der Waals surface area contributed by atoms with Crippen LogP contribution in [0.3, 0.4) is 0 Å². The Morgan fingerprint density at radius 3 is 1.10 bits per heavy atom. The Hall–Kier alpha value is -7.55. The molecule has 0 aromatic rings. The van der Waals surface area contributed by atoms with Crippen molar-refractivity contribution in [3.05, 3.63) is 0 Å². The van der Waals surface area contributed by atoms with Crippen molar-refractivity contribution >= 4 is 133 Å². The van der Waals surface area contributed by atoms with Gasteiger partial charge in [0, 0.05) is 30.1 Å². The highest BCUT2D eigenvalue weighted by molar-refractivity contribution is 7.80. The molecule has 0 aromatic carbocycles. The van der Waals surface area contributed by atoms with E-state index in [1.807, 2.05) is 0 Å². The van der Waals surface area contributed by atoms with Crippen molar-refractivity contribution in [2.45, 2.75) is 186 Å². The Morgan fingerprint density at radius 1 is 0.387 bits per heavy atom. The van der Waals surface area contributed by atoms with Gasteiger partial charge < -0.3 is 101 Å². The molecule has 21 N–H and O–H groups in total. The molecule has 14 amide bonds. The summed E-state index contributed by atoms with van der Waals surface area (Å²) in [6.45, 7) is 12.9. The van der Waals surface area contributed by atoms with Crippen LogP contribution in [0.25, 0.3) is 0 Å². The highest BCUT2D eigenvalue weighted by Gasteiger charge is 2.38. The minimum atomic E-state index is -1.78. The third-order valence-corrected chi connectivity index (χ3v) is 15.1. The zero-order chi connectivity index (χ0) is 71.7. The lowest BCUT2D eigenvalue weighted by atomic mass is 9.96. The summed E-state index contributed by atoms with van der Waals surface area (Å²) in [7, 11) is 0. The van der Waals surface area contributed by atoms with Gasteiger partial charge in [-0.3, -0.25) is 76.7 Å². The fraction of sp³-hybridized carbons (Fsp3) is 0.709. The predicted molar refractivity (Wildman–Crippen MR) is 343 cm³/mol. The van der Waals surface area contributed by atoms with Crippen molar-refractivity contribution in [1.29, 1.82) is 0 Å². The first-order valence-electron chi connectivity index (χ1n) is 29.8. The first-order chi connectivity index (χ1) is 43.4. The average Bonchev–Trinajstić information content (AvgIpc) is 1.01. The van der Waals surface area contributed by atoms with Gasteiger partial charge in [-0.25, -0.2) is 0 Å². The molecule has 35 nitrogen and oxygen atoms in total. The van der Waals surface area contributed by atoms with E-state index in [1.54, 1.807) is 41.5 Å². The van der Waals surface area contributed by atoms with E-state index in [2.05, 4.69) is 107 Å². The lowest BCUT2D eigenvalue weighted by Crippen LogP contribution is -2.62. The van der Waals surface area contributed by atoms with Crippen LogP contribution in [0.15, 0.2) is 0 Å². The number of aliphatic hydroxyl groups is 2. The topological polar surface area (TPSA) is 562 Å². The third kappa shape index (κ3) is 30.8. The Labute approximate surface area is 555 Å². The van der Waals surface area contributed by atoms with Crippen LogP contribution in [0, 0.1) is 23.7 Å². The van der Waals surface area contributed by atoms with E-state index < -0.39 is 254 Å². The van der Waals surface area contributed by atoms with Gasteiger partial charge in [-0.1, -0.05) is 61.8 Å². The van der Waals surface area contributed by atoms with Gasteiger partial charge in [0.25, 0.3) is 0 Å². The number of aliphatic carboxylic acids is 2. The number of nitrogens with two attached hydrogens (primary N) is 2. The zero-order valence-electron chi connectivity index (χ0n) is 53.6. The maximum absolute atomic E-state index is 13.9. The summed E-state index contributed by atoms with van der Waals surface area (Å²) in [5.74, 6) is -19.8. The average molecular weight is 1380 g/mol. The first kappa shape index (κ1) is 85.5. The van der Waals surface area contributed by atoms with Crippen molar-refractivity contribution in [2.75, 3.05) is 37.0 Å². The van der Waals surface area contributed by atoms with E-state index in [0.717, 1.165) is 6.92 Å². The molecule has 0 aliphatic heterocycles. The molecule has 0 radical (unpaired) electrons. The van der Waals surface area contributed by atoms with Crippen LogP contribution < -0.4 is 80.6 Å². The molecule has 0 aromatic heterocycles. The number of carboxylic acid groups (broad SMARTS) is 2. The molecule has 0 unspecified atom stereocenters. The number of aliphatic hydroxyl groups excluding tert-OH is 2. The second kappa shape index (κ2) is 43.4. The standard InChI is InChI=1S/C55H95N15O20S3/c1-11-26(8)42(68-38(74)17-56)54(88)70-41(25(6)7)52(86)61-30(13-15-39(75)76)44(78)60-29(12-14-37(57)73)45(79)65-35(21-92)51(85)66-34(20-91)49(83)58-27(9)43(77)63-33(19-72)48(82)69-40(24(4)5)53(87)67-36(22-93)50(84)64-32(18-71)47(81)62-31(16-23(2)3)46(80)59-28(10)55(89)90/h23-36,40-42,71-72,91-93H,11-22,56H2,1-10H3,(H2,57,73)(H,58,83)(H,59,80)(H,60,78)(H,61,86)(H,62,81)(H,63,77)(H,64,84)(H,65,79)(H,66,85)(H,67,87)(H,68,74)(H,69,82)(H,70,88)(H,75,76)(H,89,90)/t26-,27-,28-,29-,30-,31-,32-,33-,34-,35-,36-,40-,41-,42-/m0/s1. The smallest absolute Gasteiger partial charge is 0.325 e. The highest BCUT2D eigenvalue weighted by Crippen LogP contribution is 2.13. The SMILES string of the molecule is CC[C@H](C)[C@H](NC(=O)CN)C(=O)N[C@H](C(=O)N[C@@H](CCC(=O)O)C(=O)N[C@@H](CCC(N)=O)C(=O)N[C@@H](CS)C(=O)N[C@@H](CS)C(=O)N[C@@H](C)C(=O)N[C@@H](CO)C(=O)N[C@H](C(=O)N[C@@H](CS)C(=O)N[C@@H](CO)C(=O)N[C@@H](CC(C)C)C(=O)N[C@@H](C)C(=O)O)C(C)C)C(C)C. The fourth-order valence-corrected chi connectivity index (χ4v) is 8.97. The summed E-state index contributed by atoms with van der Waals surface area (Å²) in [5.41, 5.74) is 10.8. The van der Waals surface area contributed by atoms with Crippen molar-refractivity contribution in [1.82, 2.24) is 69.1 Å². The number of primary amides is 1. The van der Waals surface area contributed by atoms with Crippen molar-refractivity contribution in [2.24, 2.45) is 35.1 Å². The molecule has 38 heteroatoms. The molecular formula is C55H95N15O20S3. The molecule has 0 aliphatic rings. The molecule has 528 valence electrons. The summed E-state index contributed by atoms with van der Waals surface area (Å²) in [4.78, 5) is 209. The zero-order valence-corrected chi connectivity index (χ0v) is 56.3. The third-order valence-electron chi connectivity index (χ3n) is 14.0. The van der Waals surface area contributed by atoms with Crippen LogP contribution in [-0.4, -0.2) is 231 Å². The van der Waals surface area contributed by atoms with Gasteiger partial charge in [0.15, 0.2) is 0 Å². The van der Waals surface area contributed by atoms with Gasteiger partial charge in [0.1, 0.15) is 78.5 Å². The molecule has 0 bridgehead atoms. The number of amides is 14. The summed E-state index contributed by atoms with van der Waals surface area (Å²) in [6, 6.07) is -19.6. The molecule has 0 heterocycles. The number of carbonyl (C=O) groups excluding carboxylic acids is 14. The maximum atomic E-state index is 13.9. The van der Waals surface area contributed by atoms with Crippen LogP contribution in [0.2, 0.25) is 0 Å². The van der Waals surface area contributed by atoms with Gasteiger partial charge in [-0.15, -0.1) is 0 Å². The number of hydrogen-bond acceptors (Lipinski definition) is 22. The van der Waals surface area contributed by atoms with Crippen molar-refractivity contribution < 1.29 is 97.1 Å². The molecule has 0 rings (SSSR count). The largest absolute Gasteiger partial charge is 0.481 e. The van der Waals surface area contributed by atoms with Crippen molar-refractivity contribution in [3.63, 3.8) is 0 Å². The summed E-state index contributed by atoms with van der Waals surface area (Å²) in [5, 5.41) is 69.5. The van der Waals surface area contributed by atoms with Gasteiger partial charge >= 0.3 is 11.9 Å². The predicted octanol–water partition coefficient (Wildman–Crippen LogP) is -7.32. The number of carboxylic acids is 2. The van der Waals surface area contributed by atoms with Crippen LogP contribution in [0.5, 0.6) is 0 Å². The van der Waals surface area contributed by atoms with Crippen LogP contribution in [0.1, 0.15) is 108 Å². The van der Waals surface area contributed by atoms with E-state index in [9.17, 15) is 97.1 Å². The number of rotatable bonds is 44. The molecule has 0 fully saturated rings. The molecule has 0 saturated heterocycles. The maximum Gasteiger partial charge on any atom is 0.325 e. The molecule has 14 atom stereocenters. The normalized spacial score (nSPS) is 15.7. The minimum Gasteiger partial charge on any atom is -0.481 e. The van der Waals surface area contributed by atoms with Crippen molar-refractivity contribution in [3.8, 4) is 0 Å². The summed E-state index contributed by atoms with van der Waals surface area (Å²) < 4.78 is 0. The van der Waals surface area contributed by atoms with Gasteiger partial charge in [-0.2, -0.15) is 37.9 Å². The Kier molecular flexibility index (Phi) is 39.8. The summed E-state index contributed by atoms with van der Waals surface area (Å²) >= 11 is 12.4. The number of hydrogen-bond donors (Lipinski definition) is 22. The van der Waals surface area contributed by atoms with E-state index in [1.165, 1.54) is 20.8 Å². The molecule has 0 saturated carbocycles. The minimum absolute atomic E-state index is 0.0407. The van der Waals surface area contributed by atoms with E-state index in [0.29, 0.717) is 6.42 Å². The molecule has 0 aliphatic carbocycles. The second-order valence-electron chi connectivity index (χ2n) is 22.9. The quantitative estimate of drug-likeness (QED) is 0.0252. The molecule has 93 heavy (non-hydrogen) atoms. The monoisotopic (exact) mass is 1380 g/mol. The Balaban J connectivity index is 6.21. The fourth-order valence-electron chi connectivity index (χ4n) is 8.20. The number of nitrogens with one attached hydrogen (secondary N) is 13. The van der Waals surface area contributed by atoms with Gasteiger partial charge in [-0.05, 0) is 56.8 Å². The Bertz CT molecular complexity index is 2630. The molecule has 0 spiro atoms. The van der Waals surface area contributed by atoms with Crippen LogP contribution in [-0.2, 0) is 76.7 Å². The lowest BCUT2D eigenvalue weighted by Gasteiger charge is -2.29. The van der Waals surface area contributed by atoms with Crippen LogP contribution in [0.4, 0.5) is 0 Å². The van der Waals surface area contributed by atoms with Crippen LogP contribution >= 0.6 is 37.9 Å². The first-order valence-corrected chi connectivity index (χ1v) is 31.7. The van der Waals surface area contributed by atoms with E-state index >= 15 is 0 Å². The second-order valence-corrected chi connectivity index (χ2v) is 24.0. The van der Waals surface area contributed by atoms with E-state index in [-0.39, 0.29) is 12.3 Å². The number of carbonyl (C=O) groups is 16. The lowest BCUT2D eigenvalue weighted by molar-refractivity contribution is -0.142. The summed E-state index contributed by atoms with van der Waals surface area (Å²) in [6.07, 6.45) is -1.81.